The van der Waals surface area contributed by atoms with E-state index >= 15 is 0 Å². The lowest BCUT2D eigenvalue weighted by atomic mass is 10.0. The van der Waals surface area contributed by atoms with Crippen molar-refractivity contribution in [3.63, 3.8) is 0 Å². The zero-order valence-corrected chi connectivity index (χ0v) is 11.0. The number of rotatable bonds is 5. The van der Waals surface area contributed by atoms with Crippen molar-refractivity contribution in [2.75, 3.05) is 7.05 Å². The van der Waals surface area contributed by atoms with Crippen LogP contribution in [-0.2, 0) is 14.4 Å². The second-order valence-electron chi connectivity index (χ2n) is 4.27. The van der Waals surface area contributed by atoms with Gasteiger partial charge in [0.15, 0.2) is 0 Å². The highest BCUT2D eigenvalue weighted by atomic mass is 16.2. The van der Waals surface area contributed by atoms with Crippen molar-refractivity contribution in [1.82, 2.24) is 16.0 Å². The molecule has 0 bridgehead atoms. The summed E-state index contributed by atoms with van der Waals surface area (Å²) < 4.78 is 0. The number of nitrogens with one attached hydrogen (secondary N) is 3. The summed E-state index contributed by atoms with van der Waals surface area (Å²) in [5, 5.41) is 7.55. The molecule has 98 valence electrons. The molecule has 0 aromatic carbocycles. The van der Waals surface area contributed by atoms with Gasteiger partial charge in [-0.1, -0.05) is 13.8 Å². The molecule has 0 spiro atoms. The molecule has 0 saturated heterocycles. The smallest absolute Gasteiger partial charge is 0.243 e. The molecule has 0 aliphatic rings. The van der Waals surface area contributed by atoms with Gasteiger partial charge in [-0.05, 0) is 12.8 Å². The molecule has 0 fully saturated rings. The highest BCUT2D eigenvalue weighted by molar-refractivity contribution is 5.91. The molecule has 2 atom stereocenters. The molecule has 0 unspecified atom stereocenters. The second-order valence-corrected chi connectivity index (χ2v) is 4.27. The molecule has 3 N–H and O–H groups in total. The van der Waals surface area contributed by atoms with Crippen molar-refractivity contribution in [2.45, 2.75) is 39.8 Å². The van der Waals surface area contributed by atoms with Crippen LogP contribution in [0.25, 0.3) is 0 Å². The topological polar surface area (TPSA) is 87.3 Å². The van der Waals surface area contributed by atoms with Gasteiger partial charge in [-0.3, -0.25) is 14.4 Å². The molecule has 3 amide bonds. The summed E-state index contributed by atoms with van der Waals surface area (Å²) >= 11 is 0. The Hall–Kier alpha value is -1.59. The minimum Gasteiger partial charge on any atom is -0.357 e. The summed E-state index contributed by atoms with van der Waals surface area (Å²) in [4.78, 5) is 34.1. The first kappa shape index (κ1) is 15.4. The number of carbonyl (C=O) groups excluding carboxylic acids is 3. The third-order valence-corrected chi connectivity index (χ3v) is 2.31. The minimum absolute atomic E-state index is 0.0456. The van der Waals surface area contributed by atoms with Gasteiger partial charge in [0.2, 0.25) is 17.7 Å². The number of carbonyl (C=O) groups is 3. The van der Waals surface area contributed by atoms with Gasteiger partial charge in [0.25, 0.3) is 0 Å². The van der Waals surface area contributed by atoms with Gasteiger partial charge in [0, 0.05) is 14.0 Å². The lowest BCUT2D eigenvalue weighted by Gasteiger charge is -2.22. The Bertz CT molecular complexity index is 302. The molecule has 0 heterocycles. The molecule has 17 heavy (non-hydrogen) atoms. The third-order valence-electron chi connectivity index (χ3n) is 2.31. The second kappa shape index (κ2) is 6.88. The van der Waals surface area contributed by atoms with E-state index in [0.717, 1.165) is 0 Å². The van der Waals surface area contributed by atoms with Gasteiger partial charge in [0.05, 0.1) is 0 Å². The Labute approximate surface area is 102 Å². The summed E-state index contributed by atoms with van der Waals surface area (Å²) in [6, 6.07) is -1.25. The summed E-state index contributed by atoms with van der Waals surface area (Å²) in [6.07, 6.45) is 0. The van der Waals surface area contributed by atoms with Crippen LogP contribution in [0.15, 0.2) is 0 Å². The van der Waals surface area contributed by atoms with Crippen molar-refractivity contribution in [1.29, 1.82) is 0 Å². The maximum absolute atomic E-state index is 11.8. The van der Waals surface area contributed by atoms with Crippen LogP contribution in [0.1, 0.15) is 27.7 Å². The van der Waals surface area contributed by atoms with Gasteiger partial charge in [-0.15, -0.1) is 0 Å². The number of hydrogen-bond acceptors (Lipinski definition) is 3. The van der Waals surface area contributed by atoms with Gasteiger partial charge < -0.3 is 16.0 Å². The summed E-state index contributed by atoms with van der Waals surface area (Å²) in [6.45, 7) is 6.59. The molecule has 0 aliphatic carbocycles. The van der Waals surface area contributed by atoms with Gasteiger partial charge in [-0.25, -0.2) is 0 Å². The zero-order valence-electron chi connectivity index (χ0n) is 11.0. The summed E-state index contributed by atoms with van der Waals surface area (Å²) in [7, 11) is 1.50. The molecule has 6 heteroatoms. The van der Waals surface area contributed by atoms with Crippen LogP contribution >= 0.6 is 0 Å². The Balaban J connectivity index is 4.53. The van der Waals surface area contributed by atoms with E-state index in [2.05, 4.69) is 16.0 Å². The monoisotopic (exact) mass is 243 g/mol. The van der Waals surface area contributed by atoms with Gasteiger partial charge in [0.1, 0.15) is 12.1 Å². The SMILES string of the molecule is CNC(=O)[C@H](C)NC(=O)[C@@H](NC(C)=O)C(C)C. The fourth-order valence-corrected chi connectivity index (χ4v) is 1.34. The number of amides is 3. The van der Waals surface area contributed by atoms with Gasteiger partial charge in [-0.2, -0.15) is 0 Å². The van der Waals surface area contributed by atoms with Crippen LogP contribution in [0.5, 0.6) is 0 Å². The Morgan fingerprint density at radius 1 is 0.941 bits per heavy atom. The van der Waals surface area contributed by atoms with Gasteiger partial charge >= 0.3 is 0 Å². The van der Waals surface area contributed by atoms with E-state index in [0.29, 0.717) is 0 Å². The Morgan fingerprint density at radius 2 is 1.47 bits per heavy atom. The molecule has 0 saturated carbocycles. The number of hydrogen-bond donors (Lipinski definition) is 3. The normalized spacial score (nSPS) is 13.8. The van der Waals surface area contributed by atoms with E-state index < -0.39 is 12.1 Å². The molecule has 6 nitrogen and oxygen atoms in total. The Morgan fingerprint density at radius 3 is 1.82 bits per heavy atom. The molecule has 0 aliphatic heterocycles. The average Bonchev–Trinajstić information content (AvgIpc) is 2.23. The van der Waals surface area contributed by atoms with E-state index in [1.807, 2.05) is 13.8 Å². The van der Waals surface area contributed by atoms with Crippen LogP contribution in [0.2, 0.25) is 0 Å². The predicted octanol–water partition coefficient (Wildman–Crippen LogP) is -0.602. The van der Waals surface area contributed by atoms with E-state index in [4.69, 9.17) is 0 Å². The van der Waals surface area contributed by atoms with Crippen molar-refractivity contribution in [2.24, 2.45) is 5.92 Å². The Kier molecular flexibility index (Phi) is 6.23. The minimum atomic E-state index is -0.625. The first-order valence-corrected chi connectivity index (χ1v) is 5.58. The van der Waals surface area contributed by atoms with Crippen molar-refractivity contribution < 1.29 is 14.4 Å². The maximum atomic E-state index is 11.8. The highest BCUT2D eigenvalue weighted by Gasteiger charge is 2.25. The standard InChI is InChI=1S/C11H21N3O3/c1-6(2)9(14-8(4)15)11(17)13-7(3)10(16)12-5/h6-7,9H,1-5H3,(H,12,16)(H,13,17)(H,14,15)/t7-,9-/m0/s1. The highest BCUT2D eigenvalue weighted by Crippen LogP contribution is 2.02. The lowest BCUT2D eigenvalue weighted by molar-refractivity contribution is -0.132. The largest absolute Gasteiger partial charge is 0.357 e. The molecular formula is C11H21N3O3. The van der Waals surface area contributed by atoms with E-state index in [1.165, 1.54) is 14.0 Å². The first-order valence-electron chi connectivity index (χ1n) is 5.58. The maximum Gasteiger partial charge on any atom is 0.243 e. The average molecular weight is 243 g/mol. The first-order chi connectivity index (χ1) is 7.79. The van der Waals surface area contributed by atoms with Crippen molar-refractivity contribution in [3.05, 3.63) is 0 Å². The van der Waals surface area contributed by atoms with Crippen LogP contribution < -0.4 is 16.0 Å². The predicted molar refractivity (Wildman–Crippen MR) is 64.1 cm³/mol. The van der Waals surface area contributed by atoms with Crippen LogP contribution in [0.4, 0.5) is 0 Å². The van der Waals surface area contributed by atoms with Crippen molar-refractivity contribution >= 4 is 17.7 Å². The van der Waals surface area contributed by atoms with Crippen LogP contribution in [0, 0.1) is 5.92 Å². The van der Waals surface area contributed by atoms with E-state index in [9.17, 15) is 14.4 Å². The molecule has 0 rings (SSSR count). The van der Waals surface area contributed by atoms with E-state index in [-0.39, 0.29) is 23.6 Å². The molecule has 0 aromatic heterocycles. The molecule has 0 aromatic rings. The summed E-state index contributed by atoms with van der Waals surface area (Å²) in [5.41, 5.74) is 0. The fraction of sp³-hybridized carbons (Fsp3) is 0.727. The number of likely N-dealkylation sites (N-methyl/N-ethyl adjacent to an activating group) is 1. The zero-order chi connectivity index (χ0) is 13.6. The van der Waals surface area contributed by atoms with Crippen LogP contribution in [-0.4, -0.2) is 36.9 Å². The van der Waals surface area contributed by atoms with Crippen molar-refractivity contribution in [3.8, 4) is 0 Å². The van der Waals surface area contributed by atoms with Crippen LogP contribution in [0.3, 0.4) is 0 Å². The van der Waals surface area contributed by atoms with E-state index in [1.54, 1.807) is 6.92 Å². The third kappa shape index (κ3) is 5.33. The molecular weight excluding hydrogens is 222 g/mol. The lowest BCUT2D eigenvalue weighted by Crippen LogP contribution is -2.53. The fourth-order valence-electron chi connectivity index (χ4n) is 1.34. The quantitative estimate of drug-likeness (QED) is 0.602. The summed E-state index contributed by atoms with van der Waals surface area (Å²) in [5.74, 6) is -0.947. The molecule has 0 radical (unpaired) electrons.